The van der Waals surface area contributed by atoms with Crippen molar-refractivity contribution < 1.29 is 0 Å². The molecule has 4 heterocycles. The van der Waals surface area contributed by atoms with E-state index in [1.165, 1.54) is 27.8 Å². The van der Waals surface area contributed by atoms with E-state index in [0.29, 0.717) is 33.5 Å². The molecule has 27 heavy (non-hydrogen) atoms. The third-order valence-corrected chi connectivity index (χ3v) is 4.45. The Bertz CT molecular complexity index is 1250. The highest BCUT2D eigenvalue weighted by atomic mass is 35.5. The maximum atomic E-state index is 13.0. The van der Waals surface area contributed by atoms with Gasteiger partial charge in [0.05, 0.1) is 17.4 Å². The summed E-state index contributed by atoms with van der Waals surface area (Å²) in [5.74, 6) is 0.969. The average molecular weight is 383 g/mol. The molecule has 1 unspecified atom stereocenters. The second-order valence-corrected chi connectivity index (χ2v) is 6.25. The highest BCUT2D eigenvalue weighted by Gasteiger charge is 2.21. The molecule has 136 valence electrons. The SMILES string of the molecule is C=CC(=C)n1c(C(C)Nc2ncnc3nc[nH]c23)nn2ccc(Cl)c2c1=O. The molecule has 0 bridgehead atoms. The van der Waals surface area contributed by atoms with Gasteiger partial charge in [-0.25, -0.2) is 19.5 Å². The lowest BCUT2D eigenvalue weighted by Crippen LogP contribution is -2.29. The zero-order chi connectivity index (χ0) is 19.1. The quantitative estimate of drug-likeness (QED) is 0.514. The van der Waals surface area contributed by atoms with Gasteiger partial charge in [-0.2, -0.15) is 5.10 Å². The van der Waals surface area contributed by atoms with Crippen LogP contribution in [0.4, 0.5) is 5.82 Å². The topological polar surface area (TPSA) is 106 Å². The minimum Gasteiger partial charge on any atom is -0.358 e. The lowest BCUT2D eigenvalue weighted by Gasteiger charge is -2.19. The molecule has 0 amide bonds. The maximum absolute atomic E-state index is 13.0. The second-order valence-electron chi connectivity index (χ2n) is 5.84. The minimum atomic E-state index is -0.402. The van der Waals surface area contributed by atoms with Gasteiger partial charge in [0.1, 0.15) is 17.4 Å². The fourth-order valence-corrected chi connectivity index (χ4v) is 3.06. The lowest BCUT2D eigenvalue weighted by atomic mass is 10.2. The number of rotatable bonds is 5. The van der Waals surface area contributed by atoms with E-state index in [1.807, 2.05) is 6.92 Å². The number of allylic oxidation sites excluding steroid dienone is 2. The van der Waals surface area contributed by atoms with Crippen LogP contribution in [0.5, 0.6) is 0 Å². The molecule has 9 nitrogen and oxygen atoms in total. The van der Waals surface area contributed by atoms with Crippen LogP contribution in [-0.4, -0.2) is 34.1 Å². The van der Waals surface area contributed by atoms with Crippen LogP contribution in [0.1, 0.15) is 18.8 Å². The summed E-state index contributed by atoms with van der Waals surface area (Å²) in [5, 5.41) is 8.10. The summed E-state index contributed by atoms with van der Waals surface area (Å²) < 4.78 is 2.84. The molecule has 0 fully saturated rings. The van der Waals surface area contributed by atoms with E-state index >= 15 is 0 Å². The van der Waals surface area contributed by atoms with E-state index in [2.05, 4.69) is 43.5 Å². The van der Waals surface area contributed by atoms with Crippen molar-refractivity contribution in [1.82, 2.24) is 34.1 Å². The number of fused-ring (bicyclic) bond motifs is 2. The molecule has 4 aromatic rings. The molecular weight excluding hydrogens is 368 g/mol. The number of aromatic nitrogens is 7. The Morgan fingerprint density at radius 2 is 2.22 bits per heavy atom. The van der Waals surface area contributed by atoms with Gasteiger partial charge in [-0.1, -0.05) is 24.8 Å². The number of nitrogens with zero attached hydrogens (tertiary/aromatic N) is 6. The monoisotopic (exact) mass is 382 g/mol. The highest BCUT2D eigenvalue weighted by Crippen LogP contribution is 2.23. The lowest BCUT2D eigenvalue weighted by molar-refractivity contribution is 0.681. The summed E-state index contributed by atoms with van der Waals surface area (Å²) in [6.07, 6.45) is 6.08. The minimum absolute atomic E-state index is 0.272. The average Bonchev–Trinajstić information content (AvgIpc) is 3.28. The molecule has 0 spiro atoms. The van der Waals surface area contributed by atoms with Crippen molar-refractivity contribution in [2.24, 2.45) is 0 Å². The summed E-state index contributed by atoms with van der Waals surface area (Å²) in [6, 6.07) is 1.22. The van der Waals surface area contributed by atoms with Gasteiger partial charge in [-0.15, -0.1) is 0 Å². The predicted molar refractivity (Wildman–Crippen MR) is 104 cm³/mol. The molecule has 2 N–H and O–H groups in total. The van der Waals surface area contributed by atoms with E-state index in [-0.39, 0.29) is 11.1 Å². The number of aromatic amines is 1. The van der Waals surface area contributed by atoms with E-state index in [0.717, 1.165) is 0 Å². The molecule has 0 aliphatic carbocycles. The number of hydrogen-bond donors (Lipinski definition) is 2. The van der Waals surface area contributed by atoms with Crippen LogP contribution in [0.25, 0.3) is 22.4 Å². The summed E-state index contributed by atoms with van der Waals surface area (Å²) in [6.45, 7) is 9.46. The Kier molecular flexibility index (Phi) is 4.00. The predicted octanol–water partition coefficient (Wildman–Crippen LogP) is 2.65. The Morgan fingerprint density at radius 3 is 3.00 bits per heavy atom. The van der Waals surface area contributed by atoms with E-state index in [1.54, 1.807) is 12.3 Å². The van der Waals surface area contributed by atoms with Crippen molar-refractivity contribution in [2.45, 2.75) is 13.0 Å². The highest BCUT2D eigenvalue weighted by molar-refractivity contribution is 6.33. The van der Waals surface area contributed by atoms with Crippen LogP contribution in [0.3, 0.4) is 0 Å². The van der Waals surface area contributed by atoms with Crippen molar-refractivity contribution in [2.75, 3.05) is 5.32 Å². The first-order valence-electron chi connectivity index (χ1n) is 8.03. The zero-order valence-corrected chi connectivity index (χ0v) is 15.1. The van der Waals surface area contributed by atoms with Gasteiger partial charge >= 0.3 is 0 Å². The standard InChI is InChI=1S/C17H15ClN8O/c1-4-9(2)26-16(24-25-6-5-11(18)13(25)17(26)27)10(3)23-15-12-14(20-7-19-12)21-8-22-15/h4-8,10H,1-2H2,3H3,(H2,19,20,21,22,23). The molecule has 10 heteroatoms. The number of hydrogen-bond acceptors (Lipinski definition) is 6. The van der Waals surface area contributed by atoms with E-state index in [9.17, 15) is 4.79 Å². The molecule has 0 aliphatic heterocycles. The van der Waals surface area contributed by atoms with Gasteiger partial charge in [0.25, 0.3) is 5.56 Å². The fourth-order valence-electron chi connectivity index (χ4n) is 2.84. The molecule has 0 aromatic carbocycles. The number of nitrogens with one attached hydrogen (secondary N) is 2. The Labute approximate surface area is 158 Å². The van der Waals surface area contributed by atoms with Crippen molar-refractivity contribution in [3.05, 3.63) is 65.4 Å². The largest absolute Gasteiger partial charge is 0.358 e. The third kappa shape index (κ3) is 2.68. The van der Waals surface area contributed by atoms with Gasteiger partial charge in [-0.3, -0.25) is 9.36 Å². The fraction of sp³-hybridized carbons (Fsp3) is 0.118. The first kappa shape index (κ1) is 17.0. The van der Waals surface area contributed by atoms with Crippen LogP contribution in [0.15, 0.2) is 48.9 Å². The van der Waals surface area contributed by atoms with Crippen molar-refractivity contribution in [3.8, 4) is 0 Å². The van der Waals surface area contributed by atoms with E-state index in [4.69, 9.17) is 11.6 Å². The van der Waals surface area contributed by atoms with Gasteiger partial charge in [-0.05, 0) is 19.1 Å². The first-order chi connectivity index (χ1) is 13.0. The summed E-state index contributed by atoms with van der Waals surface area (Å²) in [4.78, 5) is 28.4. The summed E-state index contributed by atoms with van der Waals surface area (Å²) in [7, 11) is 0. The number of H-pyrrole nitrogens is 1. The maximum Gasteiger partial charge on any atom is 0.284 e. The van der Waals surface area contributed by atoms with Crippen molar-refractivity contribution >= 4 is 39.8 Å². The molecule has 0 saturated carbocycles. The summed E-state index contributed by atoms with van der Waals surface area (Å²) in [5.41, 5.74) is 1.53. The molecular formula is C17H15ClN8O. The third-order valence-electron chi connectivity index (χ3n) is 4.15. The van der Waals surface area contributed by atoms with Gasteiger partial charge < -0.3 is 10.3 Å². The number of halogens is 1. The zero-order valence-electron chi connectivity index (χ0n) is 14.3. The smallest absolute Gasteiger partial charge is 0.284 e. The number of anilines is 1. The Hall–Kier alpha value is -3.46. The second kappa shape index (κ2) is 6.36. The molecule has 1 atom stereocenters. The van der Waals surface area contributed by atoms with Crippen molar-refractivity contribution in [3.63, 3.8) is 0 Å². The van der Waals surface area contributed by atoms with Crippen LogP contribution in [0.2, 0.25) is 5.02 Å². The first-order valence-corrected chi connectivity index (χ1v) is 8.41. The van der Waals surface area contributed by atoms with Gasteiger partial charge in [0, 0.05) is 11.9 Å². The molecule has 0 saturated heterocycles. The molecule has 0 aliphatic rings. The van der Waals surface area contributed by atoms with Crippen LogP contribution < -0.4 is 10.9 Å². The van der Waals surface area contributed by atoms with Gasteiger partial charge in [0.2, 0.25) is 0 Å². The number of imidazole rings is 1. The normalized spacial score (nSPS) is 12.4. The van der Waals surface area contributed by atoms with E-state index < -0.39 is 6.04 Å². The van der Waals surface area contributed by atoms with Crippen LogP contribution in [-0.2, 0) is 0 Å². The van der Waals surface area contributed by atoms with Gasteiger partial charge in [0.15, 0.2) is 17.3 Å². The molecule has 4 rings (SSSR count). The Morgan fingerprint density at radius 1 is 1.41 bits per heavy atom. The van der Waals surface area contributed by atoms with Crippen molar-refractivity contribution in [1.29, 1.82) is 0 Å². The van der Waals surface area contributed by atoms with Crippen LogP contribution >= 0.6 is 11.6 Å². The Balaban J connectivity index is 1.87. The molecule has 4 aromatic heterocycles. The molecule has 0 radical (unpaired) electrons. The van der Waals surface area contributed by atoms with Crippen LogP contribution in [0, 0.1) is 0 Å². The summed E-state index contributed by atoms with van der Waals surface area (Å²) >= 11 is 6.14.